The molecule has 0 N–H and O–H groups in total. The Morgan fingerprint density at radius 1 is 0.360 bits per heavy atom. The van der Waals surface area contributed by atoms with E-state index in [1.54, 1.807) is 0 Å². The van der Waals surface area contributed by atoms with Crippen molar-refractivity contribution in [2.24, 2.45) is 44.3 Å². The van der Waals surface area contributed by atoms with Crippen molar-refractivity contribution in [3.8, 4) is 24.3 Å². The van der Waals surface area contributed by atoms with Gasteiger partial charge in [0.1, 0.15) is 0 Å². The first-order valence-corrected chi connectivity index (χ1v) is 24.7. The van der Waals surface area contributed by atoms with Gasteiger partial charge in [-0.25, -0.2) is 0 Å². The average Bonchev–Trinajstić information content (AvgIpc) is 3.27. The van der Waals surface area contributed by atoms with E-state index in [-0.39, 0.29) is 258 Å². The molecule has 0 aromatic rings. The van der Waals surface area contributed by atoms with Crippen molar-refractivity contribution in [2.45, 2.75) is 370 Å². The summed E-state index contributed by atoms with van der Waals surface area (Å²) in [6.07, 6.45) is 17.6. The second kappa shape index (κ2) is 87.4. The molecule has 508 valence electrons. The molecule has 16 heteroatoms. The van der Waals surface area contributed by atoms with Gasteiger partial charge < -0.3 is 39.6 Å². The fourth-order valence-electron chi connectivity index (χ4n) is 7.04. The van der Waals surface area contributed by atoms with Crippen molar-refractivity contribution >= 4 is 23.9 Å². The van der Waals surface area contributed by atoms with Gasteiger partial charge in [-0.05, 0) is 163 Å². The summed E-state index contributed by atoms with van der Waals surface area (Å²) in [5.74, 6) is -3.29. The van der Waals surface area contributed by atoms with E-state index in [0.29, 0.717) is 44.4 Å². The van der Waals surface area contributed by atoms with Crippen molar-refractivity contribution in [2.75, 3.05) is 0 Å². The Morgan fingerprint density at radius 3 is 0.849 bits per heavy atom. The predicted molar refractivity (Wildman–Crippen MR) is 362 cm³/mol. The van der Waals surface area contributed by atoms with Gasteiger partial charge in [0, 0.05) is 42.6 Å². The molecule has 0 aromatic heterocycles. The first-order chi connectivity index (χ1) is 30.4. The van der Waals surface area contributed by atoms with Gasteiger partial charge in [-0.15, -0.1) is 0 Å². The van der Waals surface area contributed by atoms with E-state index in [4.69, 9.17) is 21.0 Å². The van der Waals surface area contributed by atoms with Crippen molar-refractivity contribution in [1.29, 1.82) is 21.0 Å². The van der Waals surface area contributed by atoms with E-state index < -0.39 is 23.9 Å². The van der Waals surface area contributed by atoms with Crippen LogP contribution in [0.4, 0.5) is 0 Å². The summed E-state index contributed by atoms with van der Waals surface area (Å²) in [7, 11) is 0. The molecule has 0 aliphatic rings. The molecule has 12 nitrogen and oxygen atoms in total. The molecule has 0 saturated heterocycles. The molecule has 0 radical (unpaired) electrons. The zero-order valence-corrected chi connectivity index (χ0v) is 48.2. The summed E-state index contributed by atoms with van der Waals surface area (Å²) >= 11 is 0. The molecule has 0 heterocycles. The van der Waals surface area contributed by atoms with Crippen LogP contribution >= 0.6 is 0 Å². The summed E-state index contributed by atoms with van der Waals surface area (Å²) in [4.78, 5) is 41.9. The van der Waals surface area contributed by atoms with Crippen LogP contribution in [0.2, 0.25) is 0 Å². The van der Waals surface area contributed by atoms with E-state index in [0.717, 1.165) is 89.9 Å². The molecule has 0 aliphatic carbocycles. The van der Waals surface area contributed by atoms with Gasteiger partial charge in [-0.2, -0.15) is 21.0 Å². The third-order valence-corrected chi connectivity index (χ3v) is 14.5. The summed E-state index contributed by atoms with van der Waals surface area (Å²) < 4.78 is 0. The Labute approximate surface area is 594 Å². The molecule has 0 aliphatic heterocycles. The number of rotatable bonds is 32. The molecule has 0 fully saturated rings. The van der Waals surface area contributed by atoms with Gasteiger partial charge in [0.2, 0.25) is 0 Å². The Kier molecular flexibility index (Phi) is 164. The Morgan fingerprint density at radius 2 is 0.616 bits per heavy atom. The van der Waals surface area contributed by atoms with Gasteiger partial charge in [0.15, 0.2) is 0 Å². The molecule has 0 spiro atoms. The Bertz CT molecular complexity index is 1580. The average molecular weight is 1210 g/mol. The maximum atomic E-state index is 10.6. The molecule has 6 unspecified atom stereocenters. The maximum absolute atomic E-state index is 10.6. The molecule has 0 rings (SSSR count). The zero-order valence-electron chi connectivity index (χ0n) is 48.2. The minimum Gasteiger partial charge on any atom is -0.550 e. The molecule has 86 heavy (non-hydrogen) atoms. The molecule has 0 saturated carbocycles. The molecule has 0 bridgehead atoms. The van der Waals surface area contributed by atoms with Crippen LogP contribution in [0.5, 0.6) is 0 Å². The number of hydrogen-bond acceptors (Lipinski definition) is 12. The summed E-state index contributed by atoms with van der Waals surface area (Å²) in [6, 6.07) is 8.82. The van der Waals surface area contributed by atoms with Gasteiger partial charge >= 0.3 is 75.4 Å². The second-order valence-electron chi connectivity index (χ2n) is 21.9. The topological polar surface area (TPSA) is 256 Å². The van der Waals surface area contributed by atoms with Gasteiger partial charge in [0.25, 0.3) is 0 Å². The third kappa shape index (κ3) is 98.5. The van der Waals surface area contributed by atoms with Crippen molar-refractivity contribution in [1.82, 2.24) is 0 Å². The van der Waals surface area contributed by atoms with E-state index in [9.17, 15) is 39.6 Å². The minimum atomic E-state index is -0.987. The summed E-state index contributed by atoms with van der Waals surface area (Å²) in [5, 5.41) is 76.6. The number of hydrogen-bond donors (Lipinski definition) is 0. The van der Waals surface area contributed by atoms with Crippen LogP contribution < -0.4 is 95.9 Å². The normalized spacial score (nSPS) is 11.9. The fraction of sp³-hybridized carbons (Fsp3) is 0.886. The van der Waals surface area contributed by atoms with E-state index in [1.165, 1.54) is 0 Å². The number of carboxylic acids is 4. The molecular formula is C70H156Li4N4O8. The van der Waals surface area contributed by atoms with Crippen molar-refractivity contribution < 1.29 is 115 Å². The fourth-order valence-corrected chi connectivity index (χ4v) is 7.04. The standard InChI is InChI=1S/C15H27NO2.C14H25NO2.C13H23NO2.C12H21NO2.16CH4.4Li/c1-5-15(4,9-7-13(17)18)11-10-14(2,3)8-6-12-16;1-4-14(3,10-8-13(16)17)9-7-12(2)6-5-11-15;1-5-13(4,7-6-11(15)16)9-8-12(2,3)10-14;1-4-12(3,8-6-11(14)15)7-5-10(2)9-13;;;;;;;;;;;;;;;;;;;;/h5-11H2,1-4H3,(H,17,18);12H,4-10H2,1-3H3,(H,16,17);5-9H2,1-4H3,(H,15,16);10H,4-8H2,1-3H3,(H,14,15);16*1H4;;;;/q;;;;;;;;;;;;;;;;;;;;4*+1/p-4. The Balaban J connectivity index is -0.0000000252. The molecule has 6 atom stereocenters. The van der Waals surface area contributed by atoms with Gasteiger partial charge in [-0.3, -0.25) is 0 Å². The molecule has 0 aromatic carbocycles. The number of nitrogens with zero attached hydrogens (tertiary/aromatic N) is 4. The minimum absolute atomic E-state index is 0. The largest absolute Gasteiger partial charge is 1.00 e. The number of carbonyl (C=O) groups excluding carboxylic acids is 4. The van der Waals surface area contributed by atoms with Gasteiger partial charge in [-0.1, -0.05) is 227 Å². The maximum Gasteiger partial charge on any atom is 1.00 e. The predicted octanol–water partition coefficient (Wildman–Crippen LogP) is 8.02. The number of carboxylic acid groups (broad SMARTS) is 4. The summed E-state index contributed by atoms with van der Waals surface area (Å²) in [5.41, 5.74) is 0.0515. The number of carbonyl (C=O) groups is 4. The van der Waals surface area contributed by atoms with E-state index in [1.807, 2.05) is 20.8 Å². The zero-order chi connectivity index (χ0) is 52.3. The van der Waals surface area contributed by atoms with Crippen LogP contribution in [0.1, 0.15) is 370 Å². The first-order valence-electron chi connectivity index (χ1n) is 24.7. The number of nitriles is 4. The third-order valence-electron chi connectivity index (χ3n) is 14.5. The van der Waals surface area contributed by atoms with Gasteiger partial charge in [0.05, 0.1) is 29.7 Å². The van der Waals surface area contributed by atoms with Crippen LogP contribution in [0.3, 0.4) is 0 Å². The number of aliphatic carboxylic acids is 4. The SMILES string of the molecule is C.C.C.C.C.C.C.C.C.C.C.C.C.C.C.C.CCC(C)(CCC(=O)[O-])CCC(C)(C)C#N.CCC(C)(CCC(=O)[O-])CCC(C)(C)CCC#N.CCC(C)(CCC(=O)[O-])CCC(C)C#N.CCC(C)(CCC(=O)[O-])CCC(C)CCC#N.[Li+].[Li+].[Li+].[Li+]. The van der Waals surface area contributed by atoms with Crippen molar-refractivity contribution in [3.63, 3.8) is 0 Å². The Hall–Kier alpha value is -1.77. The second-order valence-corrected chi connectivity index (χ2v) is 21.9. The van der Waals surface area contributed by atoms with Crippen LogP contribution in [0, 0.1) is 89.7 Å². The van der Waals surface area contributed by atoms with Crippen LogP contribution in [-0.4, -0.2) is 23.9 Å². The van der Waals surface area contributed by atoms with Crippen LogP contribution in [0.25, 0.3) is 0 Å². The molecular weight excluding hydrogens is 1050 g/mol. The smallest absolute Gasteiger partial charge is 0.550 e. The monoisotopic (exact) mass is 1210 g/mol. The van der Waals surface area contributed by atoms with Crippen molar-refractivity contribution in [3.05, 3.63) is 0 Å². The van der Waals surface area contributed by atoms with E-state index >= 15 is 0 Å². The van der Waals surface area contributed by atoms with E-state index in [2.05, 4.69) is 100 Å². The summed E-state index contributed by atoms with van der Waals surface area (Å²) in [6.45, 7) is 29.1. The first kappa shape index (κ1) is 161. The van der Waals surface area contributed by atoms with Crippen LogP contribution in [0.15, 0.2) is 0 Å². The molecule has 0 amide bonds. The quantitative estimate of drug-likeness (QED) is 0.0580. The van der Waals surface area contributed by atoms with Crippen LogP contribution in [-0.2, 0) is 19.2 Å².